The van der Waals surface area contributed by atoms with Gasteiger partial charge in [0.2, 0.25) is 0 Å². The third-order valence-electron chi connectivity index (χ3n) is 3.13. The van der Waals surface area contributed by atoms with Crippen LogP contribution in [-0.2, 0) is 10.5 Å². The van der Waals surface area contributed by atoms with Crippen molar-refractivity contribution >= 4 is 5.82 Å². The Hall–Kier alpha value is -1.52. The van der Waals surface area contributed by atoms with E-state index in [0.29, 0.717) is 0 Å². The number of rotatable bonds is 2. The van der Waals surface area contributed by atoms with Gasteiger partial charge < -0.3 is 31.3 Å². The van der Waals surface area contributed by atoms with Crippen molar-refractivity contribution in [2.24, 2.45) is 0 Å². The quantitative estimate of drug-likeness (QED) is 0.441. The van der Waals surface area contributed by atoms with Gasteiger partial charge in [-0.25, -0.2) is 4.79 Å². The Morgan fingerprint density at radius 3 is 2.68 bits per heavy atom. The second-order valence-corrected chi connectivity index (χ2v) is 4.33. The van der Waals surface area contributed by atoms with Gasteiger partial charge in [0.1, 0.15) is 24.1 Å². The van der Waals surface area contributed by atoms with Gasteiger partial charge in [0.25, 0.3) is 0 Å². The van der Waals surface area contributed by atoms with Crippen molar-refractivity contribution < 1.29 is 25.5 Å². The summed E-state index contributed by atoms with van der Waals surface area (Å²) in [7, 11) is 0. The maximum atomic E-state index is 11.7. The summed E-state index contributed by atoms with van der Waals surface area (Å²) < 4.78 is 6.40. The Morgan fingerprint density at radius 1 is 1.58 bits per heavy atom. The van der Waals surface area contributed by atoms with Crippen LogP contribution in [-0.4, -0.2) is 55.3 Å². The minimum absolute atomic E-state index is 0. The number of hydrogen-bond donors (Lipinski definition) is 4. The van der Waals surface area contributed by atoms with Gasteiger partial charge in [-0.15, -0.1) is 0 Å². The lowest BCUT2D eigenvalue weighted by Crippen LogP contribution is -2.48. The fourth-order valence-corrected chi connectivity index (χ4v) is 2.06. The number of nitrogens with two attached hydrogens (primary N) is 1. The van der Waals surface area contributed by atoms with Gasteiger partial charge in [-0.05, 0) is 13.0 Å². The molecule has 0 aliphatic carbocycles. The van der Waals surface area contributed by atoms with Crippen LogP contribution >= 0.6 is 0 Å². The highest BCUT2D eigenvalue weighted by atomic mass is 16.6. The lowest BCUT2D eigenvalue weighted by molar-refractivity contribution is -0.137. The summed E-state index contributed by atoms with van der Waals surface area (Å²) in [6.45, 7) is 0.959. The van der Waals surface area contributed by atoms with Gasteiger partial charge in [0, 0.05) is 6.20 Å². The summed E-state index contributed by atoms with van der Waals surface area (Å²) in [5.74, 6) is 0.0478. The van der Waals surface area contributed by atoms with E-state index in [2.05, 4.69) is 4.98 Å². The summed E-state index contributed by atoms with van der Waals surface area (Å²) in [5.41, 5.74) is 3.17. The fourth-order valence-electron chi connectivity index (χ4n) is 2.06. The van der Waals surface area contributed by atoms with Gasteiger partial charge in [-0.3, -0.25) is 4.57 Å². The molecule has 1 fully saturated rings. The van der Waals surface area contributed by atoms with E-state index in [1.165, 1.54) is 19.2 Å². The lowest BCUT2D eigenvalue weighted by Gasteiger charge is -2.29. The van der Waals surface area contributed by atoms with Crippen LogP contribution in [0.5, 0.6) is 0 Å². The molecule has 0 spiro atoms. The molecule has 4 atom stereocenters. The van der Waals surface area contributed by atoms with Crippen molar-refractivity contribution in [1.29, 1.82) is 0 Å². The summed E-state index contributed by atoms with van der Waals surface area (Å²) in [6.07, 6.45) is -2.29. The third-order valence-corrected chi connectivity index (χ3v) is 3.13. The first-order chi connectivity index (χ1) is 8.40. The highest BCUT2D eigenvalue weighted by molar-refractivity contribution is 5.24. The lowest BCUT2D eigenvalue weighted by atomic mass is 10.0. The fraction of sp³-hybridized carbons (Fsp3) is 0.600. The molecule has 2 heterocycles. The first kappa shape index (κ1) is 15.5. The van der Waals surface area contributed by atoms with Crippen LogP contribution in [0, 0.1) is 0 Å². The Morgan fingerprint density at radius 2 is 2.21 bits per heavy atom. The molecule has 7 N–H and O–H groups in total. The van der Waals surface area contributed by atoms with E-state index >= 15 is 0 Å². The summed E-state index contributed by atoms with van der Waals surface area (Å²) in [4.78, 5) is 15.2. The zero-order valence-corrected chi connectivity index (χ0v) is 10.2. The first-order valence-corrected chi connectivity index (χ1v) is 5.40. The van der Waals surface area contributed by atoms with E-state index in [-0.39, 0.29) is 11.3 Å². The Bertz CT molecular complexity index is 506. The van der Waals surface area contributed by atoms with Crippen LogP contribution in [0.1, 0.15) is 6.92 Å². The summed E-state index contributed by atoms with van der Waals surface area (Å²) >= 11 is 0. The predicted octanol–water partition coefficient (Wildman–Crippen LogP) is -3.21. The molecule has 0 radical (unpaired) electrons. The maximum absolute atomic E-state index is 11.7. The molecule has 0 unspecified atom stereocenters. The molecule has 9 nitrogen and oxygen atoms in total. The SMILES string of the molecule is C[C@@]1(n2ccc(N)nc2=O)O[C@H](CO)[C@@H](O)[C@H]1O.O. The smallest absolute Gasteiger partial charge is 0.351 e. The number of aromatic nitrogens is 2. The normalized spacial score (nSPS) is 34.0. The summed E-state index contributed by atoms with van der Waals surface area (Å²) in [6, 6.07) is 1.38. The molecule has 1 aromatic rings. The van der Waals surface area contributed by atoms with Crippen molar-refractivity contribution in [3.8, 4) is 0 Å². The zero-order valence-electron chi connectivity index (χ0n) is 10.2. The molecule has 2 rings (SSSR count). The van der Waals surface area contributed by atoms with E-state index in [1.54, 1.807) is 0 Å². The van der Waals surface area contributed by atoms with Crippen molar-refractivity contribution in [2.45, 2.75) is 31.0 Å². The Labute approximate surface area is 108 Å². The topological polar surface area (TPSA) is 162 Å². The number of aliphatic hydroxyl groups is 3. The minimum Gasteiger partial charge on any atom is -0.412 e. The molecule has 9 heteroatoms. The average Bonchev–Trinajstić information content (AvgIpc) is 2.54. The number of nitrogen functional groups attached to an aromatic ring is 1. The number of hydrogen-bond acceptors (Lipinski definition) is 7. The maximum Gasteiger partial charge on any atom is 0.351 e. The van der Waals surface area contributed by atoms with Crippen LogP contribution in [0.3, 0.4) is 0 Å². The molecule has 0 saturated carbocycles. The molecule has 1 aromatic heterocycles. The van der Waals surface area contributed by atoms with Crippen LogP contribution in [0.4, 0.5) is 5.82 Å². The molecule has 1 saturated heterocycles. The largest absolute Gasteiger partial charge is 0.412 e. The van der Waals surface area contributed by atoms with Crippen LogP contribution in [0.25, 0.3) is 0 Å². The highest BCUT2D eigenvalue weighted by Gasteiger charge is 2.52. The standard InChI is InChI=1S/C10H15N3O5.H2O/c1-10(8(16)7(15)5(4-14)18-10)13-3-2-6(11)12-9(13)17;/h2-3,5,7-8,14-16H,4H2,1H3,(H2,11,12,17);1H2/t5-,7-,8-,10-;/m1./s1. The molecule has 0 bridgehead atoms. The number of anilines is 1. The van der Waals surface area contributed by atoms with Gasteiger partial charge in [-0.1, -0.05) is 0 Å². The Balaban J connectivity index is 0.00000180. The van der Waals surface area contributed by atoms with Crippen LogP contribution in [0.15, 0.2) is 17.1 Å². The molecule has 0 aromatic carbocycles. The van der Waals surface area contributed by atoms with Gasteiger partial charge in [-0.2, -0.15) is 4.98 Å². The van der Waals surface area contributed by atoms with E-state index in [0.717, 1.165) is 4.57 Å². The van der Waals surface area contributed by atoms with Gasteiger partial charge in [0.15, 0.2) is 5.72 Å². The second kappa shape index (κ2) is 5.23. The second-order valence-electron chi connectivity index (χ2n) is 4.33. The number of aliphatic hydroxyl groups excluding tert-OH is 3. The van der Waals surface area contributed by atoms with Crippen molar-refractivity contribution in [2.75, 3.05) is 12.3 Å². The molecule has 0 amide bonds. The number of ether oxygens (including phenoxy) is 1. The number of nitrogens with zero attached hydrogens (tertiary/aromatic N) is 2. The molecule has 1 aliphatic rings. The summed E-state index contributed by atoms with van der Waals surface area (Å²) in [5, 5.41) is 28.7. The van der Waals surface area contributed by atoms with Gasteiger partial charge in [0.05, 0.1) is 6.61 Å². The molecular formula is C10H17N3O6. The van der Waals surface area contributed by atoms with Gasteiger partial charge >= 0.3 is 5.69 Å². The molecule has 19 heavy (non-hydrogen) atoms. The van der Waals surface area contributed by atoms with E-state index in [1.807, 2.05) is 0 Å². The monoisotopic (exact) mass is 275 g/mol. The van der Waals surface area contributed by atoms with Crippen LogP contribution < -0.4 is 11.4 Å². The zero-order chi connectivity index (χ0) is 13.5. The molecule has 108 valence electrons. The molecule has 1 aliphatic heterocycles. The minimum atomic E-state index is -1.50. The van der Waals surface area contributed by atoms with E-state index < -0.39 is 36.3 Å². The van der Waals surface area contributed by atoms with E-state index in [9.17, 15) is 15.0 Å². The third kappa shape index (κ3) is 2.33. The van der Waals surface area contributed by atoms with Crippen molar-refractivity contribution in [3.05, 3.63) is 22.7 Å². The highest BCUT2D eigenvalue weighted by Crippen LogP contribution is 2.34. The predicted molar refractivity (Wildman–Crippen MR) is 64.1 cm³/mol. The van der Waals surface area contributed by atoms with Crippen LogP contribution in [0.2, 0.25) is 0 Å². The van der Waals surface area contributed by atoms with Crippen molar-refractivity contribution in [1.82, 2.24) is 9.55 Å². The average molecular weight is 275 g/mol. The first-order valence-electron chi connectivity index (χ1n) is 5.40. The van der Waals surface area contributed by atoms with Crippen molar-refractivity contribution in [3.63, 3.8) is 0 Å². The Kier molecular flexibility index (Phi) is 4.28. The van der Waals surface area contributed by atoms with E-state index in [4.69, 9.17) is 15.6 Å². The molecular weight excluding hydrogens is 258 g/mol.